The number of carbonyl (C=O) groups is 1. The second-order valence-corrected chi connectivity index (χ2v) is 10.9. The van der Waals surface area contributed by atoms with E-state index in [-0.39, 0.29) is 17.9 Å². The lowest BCUT2D eigenvalue weighted by molar-refractivity contribution is -0.126. The normalized spacial score (nSPS) is 16.7. The Morgan fingerprint density at radius 1 is 1.03 bits per heavy atom. The summed E-state index contributed by atoms with van der Waals surface area (Å²) in [7, 11) is -1.51. The maximum absolute atomic E-state index is 13.0. The zero-order valence-electron chi connectivity index (χ0n) is 19.5. The first-order valence-corrected chi connectivity index (χ1v) is 12.8. The second-order valence-electron chi connectivity index (χ2n) is 8.94. The number of hydrogen-bond donors (Lipinski definition) is 1. The fraction of sp³-hybridized carbons (Fsp3) is 0.480. The van der Waals surface area contributed by atoms with Crippen molar-refractivity contribution >= 4 is 21.6 Å². The van der Waals surface area contributed by atoms with Crippen molar-refractivity contribution in [3.63, 3.8) is 0 Å². The number of hydrogen-bond acceptors (Lipinski definition) is 4. The molecule has 1 unspecified atom stereocenters. The van der Waals surface area contributed by atoms with Gasteiger partial charge in [0.15, 0.2) is 0 Å². The van der Waals surface area contributed by atoms with Crippen molar-refractivity contribution in [3.05, 3.63) is 60.2 Å². The third-order valence-electron chi connectivity index (χ3n) is 6.41. The molecule has 1 aliphatic heterocycles. The standard InChI is InChI=1S/C25H35N3O3S/c1-19(2)21-10-12-24(13-11-21)32(30,31)28-16-14-22(15-17-28)25(29)26-18-20(3)27(4)23-8-6-5-7-9-23/h5-13,19-20,22H,14-18H2,1-4H3,(H,26,29). The highest BCUT2D eigenvalue weighted by Crippen LogP contribution is 2.25. The van der Waals surface area contributed by atoms with E-state index in [0.29, 0.717) is 43.3 Å². The molecule has 7 heteroatoms. The first-order valence-electron chi connectivity index (χ1n) is 11.4. The number of rotatable bonds is 8. The SMILES string of the molecule is CC(C)c1ccc(S(=O)(=O)N2CCC(C(=O)NCC(C)N(C)c3ccccc3)CC2)cc1. The number of nitrogens with one attached hydrogen (secondary N) is 1. The van der Waals surface area contributed by atoms with Gasteiger partial charge in [0, 0.05) is 44.3 Å². The maximum Gasteiger partial charge on any atom is 0.243 e. The molecule has 0 aliphatic carbocycles. The average molecular weight is 458 g/mol. The second kappa shape index (κ2) is 10.5. The molecule has 174 valence electrons. The predicted molar refractivity (Wildman–Crippen MR) is 129 cm³/mol. The molecule has 1 aliphatic rings. The van der Waals surface area contributed by atoms with Gasteiger partial charge in [-0.15, -0.1) is 0 Å². The van der Waals surface area contributed by atoms with Crippen LogP contribution in [0.5, 0.6) is 0 Å². The van der Waals surface area contributed by atoms with Crippen molar-refractivity contribution < 1.29 is 13.2 Å². The van der Waals surface area contributed by atoms with E-state index in [4.69, 9.17) is 0 Å². The molecule has 6 nitrogen and oxygen atoms in total. The third kappa shape index (κ3) is 5.70. The number of nitrogens with zero attached hydrogens (tertiary/aromatic N) is 2. The molecule has 1 heterocycles. The van der Waals surface area contributed by atoms with E-state index in [2.05, 4.69) is 31.0 Å². The number of benzene rings is 2. The molecule has 2 aromatic carbocycles. The molecule has 1 N–H and O–H groups in total. The number of piperidine rings is 1. The largest absolute Gasteiger partial charge is 0.370 e. The zero-order valence-corrected chi connectivity index (χ0v) is 20.3. The Balaban J connectivity index is 1.50. The van der Waals surface area contributed by atoms with E-state index in [0.717, 1.165) is 11.3 Å². The van der Waals surface area contributed by atoms with Crippen LogP contribution >= 0.6 is 0 Å². The van der Waals surface area contributed by atoms with Gasteiger partial charge in [0.1, 0.15) is 0 Å². The first kappa shape index (κ1) is 24.3. The summed E-state index contributed by atoms with van der Waals surface area (Å²) in [5.41, 5.74) is 2.22. The molecule has 0 saturated carbocycles. The van der Waals surface area contributed by atoms with E-state index in [1.807, 2.05) is 49.5 Å². The van der Waals surface area contributed by atoms with Crippen LogP contribution < -0.4 is 10.2 Å². The molecule has 0 radical (unpaired) electrons. The summed E-state index contributed by atoms with van der Waals surface area (Å²) < 4.78 is 27.5. The van der Waals surface area contributed by atoms with E-state index < -0.39 is 10.0 Å². The van der Waals surface area contributed by atoms with Crippen LogP contribution in [-0.2, 0) is 14.8 Å². The quantitative estimate of drug-likeness (QED) is 0.654. The number of carbonyl (C=O) groups excluding carboxylic acids is 1. The van der Waals surface area contributed by atoms with Gasteiger partial charge in [-0.3, -0.25) is 4.79 Å². The van der Waals surface area contributed by atoms with Crippen molar-refractivity contribution in [1.29, 1.82) is 0 Å². The molecule has 2 aromatic rings. The smallest absolute Gasteiger partial charge is 0.243 e. The number of anilines is 1. The van der Waals surface area contributed by atoms with Crippen LogP contribution in [0.3, 0.4) is 0 Å². The topological polar surface area (TPSA) is 69.7 Å². The number of likely N-dealkylation sites (N-methyl/N-ethyl adjacent to an activating group) is 1. The maximum atomic E-state index is 13.0. The predicted octanol–water partition coefficient (Wildman–Crippen LogP) is 3.85. The Labute approximate surface area is 192 Å². The van der Waals surface area contributed by atoms with E-state index in [9.17, 15) is 13.2 Å². The number of amides is 1. The Morgan fingerprint density at radius 2 is 1.62 bits per heavy atom. The number of para-hydroxylation sites is 1. The molecule has 0 aromatic heterocycles. The van der Waals surface area contributed by atoms with Crippen LogP contribution in [0.1, 0.15) is 45.1 Å². The van der Waals surface area contributed by atoms with Crippen LogP contribution in [0.2, 0.25) is 0 Å². The molecule has 0 bridgehead atoms. The van der Waals surface area contributed by atoms with Gasteiger partial charge in [-0.2, -0.15) is 4.31 Å². The van der Waals surface area contributed by atoms with E-state index in [1.165, 1.54) is 4.31 Å². The molecule has 3 rings (SSSR count). The minimum Gasteiger partial charge on any atom is -0.370 e. The molecule has 1 atom stereocenters. The van der Waals surface area contributed by atoms with Gasteiger partial charge < -0.3 is 10.2 Å². The highest BCUT2D eigenvalue weighted by atomic mass is 32.2. The van der Waals surface area contributed by atoms with Crippen molar-refractivity contribution in [2.24, 2.45) is 5.92 Å². The molecule has 32 heavy (non-hydrogen) atoms. The summed E-state index contributed by atoms with van der Waals surface area (Å²) in [6, 6.07) is 17.4. The van der Waals surface area contributed by atoms with Gasteiger partial charge in [0.25, 0.3) is 0 Å². The van der Waals surface area contributed by atoms with Crippen molar-refractivity contribution in [2.75, 3.05) is 31.6 Å². The molecule has 1 fully saturated rings. The Hall–Kier alpha value is -2.38. The van der Waals surface area contributed by atoms with Crippen LogP contribution in [0.25, 0.3) is 0 Å². The van der Waals surface area contributed by atoms with Gasteiger partial charge in [0.05, 0.1) is 4.90 Å². The van der Waals surface area contributed by atoms with Gasteiger partial charge in [-0.25, -0.2) is 8.42 Å². The van der Waals surface area contributed by atoms with Crippen molar-refractivity contribution in [3.8, 4) is 0 Å². The Morgan fingerprint density at radius 3 is 2.19 bits per heavy atom. The molecule has 1 saturated heterocycles. The summed E-state index contributed by atoms with van der Waals surface area (Å²) in [6.45, 7) is 7.52. The zero-order chi connectivity index (χ0) is 23.3. The summed E-state index contributed by atoms with van der Waals surface area (Å²) in [5.74, 6) is 0.215. The molecule has 0 spiro atoms. The monoisotopic (exact) mass is 457 g/mol. The van der Waals surface area contributed by atoms with Crippen LogP contribution in [-0.4, -0.2) is 51.4 Å². The lowest BCUT2D eigenvalue weighted by Crippen LogP contribution is -2.46. The van der Waals surface area contributed by atoms with Crippen LogP contribution in [0.4, 0.5) is 5.69 Å². The van der Waals surface area contributed by atoms with Gasteiger partial charge >= 0.3 is 0 Å². The highest BCUT2D eigenvalue weighted by Gasteiger charge is 2.32. The number of sulfonamides is 1. The van der Waals surface area contributed by atoms with E-state index in [1.54, 1.807) is 12.1 Å². The summed E-state index contributed by atoms with van der Waals surface area (Å²) >= 11 is 0. The van der Waals surface area contributed by atoms with Crippen molar-refractivity contribution in [1.82, 2.24) is 9.62 Å². The lowest BCUT2D eigenvalue weighted by atomic mass is 9.97. The lowest BCUT2D eigenvalue weighted by Gasteiger charge is -2.31. The minimum absolute atomic E-state index is 0.0108. The first-order chi connectivity index (χ1) is 15.2. The van der Waals surface area contributed by atoms with Gasteiger partial charge in [-0.1, -0.05) is 44.2 Å². The summed E-state index contributed by atoms with van der Waals surface area (Å²) in [6.07, 6.45) is 1.08. The van der Waals surface area contributed by atoms with Gasteiger partial charge in [0.2, 0.25) is 15.9 Å². The Kier molecular flexibility index (Phi) is 7.96. The summed E-state index contributed by atoms with van der Waals surface area (Å²) in [5, 5.41) is 3.06. The third-order valence-corrected chi connectivity index (χ3v) is 8.32. The average Bonchev–Trinajstić information content (AvgIpc) is 2.82. The molecule has 1 amide bonds. The fourth-order valence-electron chi connectivity index (χ4n) is 3.98. The van der Waals surface area contributed by atoms with Crippen molar-refractivity contribution in [2.45, 2.75) is 50.5 Å². The van der Waals surface area contributed by atoms with Crippen LogP contribution in [0, 0.1) is 5.92 Å². The molecular formula is C25H35N3O3S. The Bertz CT molecular complexity index is 983. The van der Waals surface area contributed by atoms with Gasteiger partial charge in [-0.05, 0) is 55.5 Å². The van der Waals surface area contributed by atoms with E-state index >= 15 is 0 Å². The minimum atomic E-state index is -3.53. The molecular weight excluding hydrogens is 422 g/mol. The highest BCUT2D eigenvalue weighted by molar-refractivity contribution is 7.89. The fourth-order valence-corrected chi connectivity index (χ4v) is 5.45. The van der Waals surface area contributed by atoms with Crippen LogP contribution in [0.15, 0.2) is 59.5 Å². The summed E-state index contributed by atoms with van der Waals surface area (Å²) in [4.78, 5) is 15.2.